The first-order valence-corrected chi connectivity index (χ1v) is 11.0. The largest absolute Gasteiger partial charge is 0.354 e. The monoisotopic (exact) mass is 399 g/mol. The van der Waals surface area contributed by atoms with Crippen LogP contribution in [0.15, 0.2) is 97.1 Å². The summed E-state index contributed by atoms with van der Waals surface area (Å²) in [5, 5.41) is 7.81. The fourth-order valence-electron chi connectivity index (χ4n) is 4.75. The molecule has 0 saturated heterocycles. The van der Waals surface area contributed by atoms with Crippen LogP contribution in [0.5, 0.6) is 0 Å². The third-order valence-electron chi connectivity index (χ3n) is 6.19. The lowest BCUT2D eigenvalue weighted by molar-refractivity contribution is 1.55. The molecular formula is C28H17NS. The number of para-hydroxylation sites is 1. The van der Waals surface area contributed by atoms with Crippen molar-refractivity contribution in [2.24, 2.45) is 0 Å². The molecule has 0 fully saturated rings. The van der Waals surface area contributed by atoms with E-state index in [9.17, 15) is 0 Å². The molecular weight excluding hydrogens is 382 g/mol. The van der Waals surface area contributed by atoms with Gasteiger partial charge in [0.2, 0.25) is 0 Å². The number of rotatable bonds is 1. The number of thiophene rings is 1. The van der Waals surface area contributed by atoms with Crippen LogP contribution >= 0.6 is 11.3 Å². The topological polar surface area (TPSA) is 15.8 Å². The van der Waals surface area contributed by atoms with E-state index in [1.54, 1.807) is 0 Å². The minimum Gasteiger partial charge on any atom is -0.354 e. The predicted octanol–water partition coefficient (Wildman–Crippen LogP) is 8.51. The molecule has 0 bridgehead atoms. The van der Waals surface area contributed by atoms with Crippen molar-refractivity contribution in [3.8, 4) is 11.1 Å². The maximum atomic E-state index is 3.72. The highest BCUT2D eigenvalue weighted by Gasteiger charge is 2.12. The number of aromatic nitrogens is 1. The minimum atomic E-state index is 1.19. The van der Waals surface area contributed by atoms with Gasteiger partial charge >= 0.3 is 0 Å². The summed E-state index contributed by atoms with van der Waals surface area (Å²) in [6, 6.07) is 35.3. The van der Waals surface area contributed by atoms with E-state index in [1.807, 2.05) is 11.3 Å². The summed E-state index contributed by atoms with van der Waals surface area (Å²) in [6.45, 7) is 0. The van der Waals surface area contributed by atoms with Crippen molar-refractivity contribution >= 4 is 64.1 Å². The summed E-state index contributed by atoms with van der Waals surface area (Å²) in [5.41, 5.74) is 4.92. The van der Waals surface area contributed by atoms with Crippen molar-refractivity contribution in [1.82, 2.24) is 4.98 Å². The molecule has 0 saturated carbocycles. The van der Waals surface area contributed by atoms with Gasteiger partial charge < -0.3 is 4.98 Å². The van der Waals surface area contributed by atoms with Crippen molar-refractivity contribution in [3.63, 3.8) is 0 Å². The van der Waals surface area contributed by atoms with Gasteiger partial charge in [-0.3, -0.25) is 0 Å². The Morgan fingerprint density at radius 1 is 0.533 bits per heavy atom. The molecule has 0 aliphatic rings. The fraction of sp³-hybridized carbons (Fsp3) is 0. The highest BCUT2D eigenvalue weighted by molar-refractivity contribution is 7.25. The van der Waals surface area contributed by atoms with Crippen LogP contribution in [0.3, 0.4) is 0 Å². The van der Waals surface area contributed by atoms with E-state index in [0.29, 0.717) is 0 Å². The Morgan fingerprint density at radius 3 is 2.23 bits per heavy atom. The van der Waals surface area contributed by atoms with Gasteiger partial charge in [-0.15, -0.1) is 11.3 Å². The van der Waals surface area contributed by atoms with E-state index in [1.165, 1.54) is 63.9 Å². The Labute approximate surface area is 177 Å². The van der Waals surface area contributed by atoms with Gasteiger partial charge in [0.05, 0.1) is 5.52 Å². The summed E-state index contributed by atoms with van der Waals surface area (Å²) < 4.78 is 2.69. The van der Waals surface area contributed by atoms with E-state index in [0.717, 1.165) is 0 Å². The number of fused-ring (bicyclic) bond motifs is 7. The molecule has 0 aliphatic heterocycles. The number of hydrogen-bond donors (Lipinski definition) is 1. The average Bonchev–Trinajstić information content (AvgIpc) is 3.34. The van der Waals surface area contributed by atoms with E-state index >= 15 is 0 Å². The average molecular weight is 400 g/mol. The van der Waals surface area contributed by atoms with Gasteiger partial charge in [0.1, 0.15) is 0 Å². The van der Waals surface area contributed by atoms with Gasteiger partial charge in [0.25, 0.3) is 0 Å². The summed E-state index contributed by atoms with van der Waals surface area (Å²) in [4.78, 5) is 3.72. The Bertz CT molecular complexity index is 1750. The lowest BCUT2D eigenvalue weighted by Crippen LogP contribution is -1.80. The maximum absolute atomic E-state index is 3.72. The third kappa shape index (κ3) is 2.23. The molecule has 0 atom stereocenters. The fourth-order valence-corrected chi connectivity index (χ4v) is 5.89. The highest BCUT2D eigenvalue weighted by atomic mass is 32.1. The summed E-state index contributed by atoms with van der Waals surface area (Å²) in [6.07, 6.45) is 0. The molecule has 140 valence electrons. The lowest BCUT2D eigenvalue weighted by Gasteiger charge is -2.04. The number of hydrogen-bond acceptors (Lipinski definition) is 1. The molecule has 2 heteroatoms. The molecule has 0 amide bonds. The second-order valence-electron chi connectivity index (χ2n) is 7.91. The normalized spacial score (nSPS) is 12.0. The molecule has 0 aliphatic carbocycles. The molecule has 0 spiro atoms. The van der Waals surface area contributed by atoms with Crippen molar-refractivity contribution in [3.05, 3.63) is 97.1 Å². The molecule has 2 heterocycles. The summed E-state index contributed by atoms with van der Waals surface area (Å²) >= 11 is 1.87. The quantitative estimate of drug-likeness (QED) is 0.285. The number of H-pyrrole nitrogens is 1. The second-order valence-corrected chi connectivity index (χ2v) is 8.99. The standard InChI is InChI=1S/C28H17NS/c1-2-7-18-15-25-24(14-17(18)6-1)23-10-5-9-20(28(23)29-25)19-12-13-22-21-8-3-4-11-26(21)30-27(22)16-19/h1-16,29H. The zero-order valence-corrected chi connectivity index (χ0v) is 17.0. The molecule has 5 aromatic carbocycles. The SMILES string of the molecule is c1ccc2cc3c(cc2c1)[nH]c1c(-c2ccc4c(c2)sc2ccccc24)cccc13. The van der Waals surface area contributed by atoms with Crippen molar-refractivity contribution < 1.29 is 0 Å². The Hall–Kier alpha value is -3.62. The minimum absolute atomic E-state index is 1.19. The van der Waals surface area contributed by atoms with Crippen LogP contribution < -0.4 is 0 Å². The lowest BCUT2D eigenvalue weighted by atomic mass is 10.00. The summed E-state index contributed by atoms with van der Waals surface area (Å²) in [5.74, 6) is 0. The number of nitrogens with one attached hydrogen (secondary N) is 1. The number of aromatic amines is 1. The van der Waals surface area contributed by atoms with E-state index < -0.39 is 0 Å². The first kappa shape index (κ1) is 16.2. The smallest absolute Gasteiger partial charge is 0.0544 e. The van der Waals surface area contributed by atoms with Crippen LogP contribution in [0, 0.1) is 0 Å². The Kier molecular flexibility index (Phi) is 3.21. The van der Waals surface area contributed by atoms with Gasteiger partial charge in [-0.1, -0.05) is 72.8 Å². The molecule has 7 aromatic rings. The summed E-state index contributed by atoms with van der Waals surface area (Å²) in [7, 11) is 0. The van der Waals surface area contributed by atoms with Gasteiger partial charge in [-0.05, 0) is 40.6 Å². The van der Waals surface area contributed by atoms with Crippen LogP contribution in [0.25, 0.3) is 63.9 Å². The van der Waals surface area contributed by atoms with Crippen molar-refractivity contribution in [2.75, 3.05) is 0 Å². The van der Waals surface area contributed by atoms with Crippen molar-refractivity contribution in [1.29, 1.82) is 0 Å². The number of benzene rings is 5. The molecule has 7 rings (SSSR count). The molecule has 0 unspecified atom stereocenters. The highest BCUT2D eigenvalue weighted by Crippen LogP contribution is 2.39. The first-order chi connectivity index (χ1) is 14.8. The Balaban J connectivity index is 1.51. The molecule has 2 aromatic heterocycles. The van der Waals surface area contributed by atoms with Crippen LogP contribution in [0.1, 0.15) is 0 Å². The van der Waals surface area contributed by atoms with Crippen LogP contribution in [0.2, 0.25) is 0 Å². The first-order valence-electron chi connectivity index (χ1n) is 10.2. The van der Waals surface area contributed by atoms with Gasteiger partial charge in [-0.25, -0.2) is 0 Å². The van der Waals surface area contributed by atoms with E-state index in [2.05, 4.69) is 102 Å². The van der Waals surface area contributed by atoms with Gasteiger partial charge in [-0.2, -0.15) is 0 Å². The van der Waals surface area contributed by atoms with Gasteiger partial charge in [0.15, 0.2) is 0 Å². The zero-order valence-electron chi connectivity index (χ0n) is 16.1. The molecule has 1 N–H and O–H groups in total. The van der Waals surface area contributed by atoms with Crippen LogP contribution in [0.4, 0.5) is 0 Å². The van der Waals surface area contributed by atoms with Crippen molar-refractivity contribution in [2.45, 2.75) is 0 Å². The van der Waals surface area contributed by atoms with Crippen LogP contribution in [-0.4, -0.2) is 4.98 Å². The Morgan fingerprint density at radius 2 is 1.30 bits per heavy atom. The zero-order chi connectivity index (χ0) is 19.7. The van der Waals surface area contributed by atoms with Crippen LogP contribution in [-0.2, 0) is 0 Å². The van der Waals surface area contributed by atoms with E-state index in [4.69, 9.17) is 0 Å². The third-order valence-corrected chi connectivity index (χ3v) is 7.32. The maximum Gasteiger partial charge on any atom is 0.0544 e. The second kappa shape index (κ2) is 5.94. The van der Waals surface area contributed by atoms with E-state index in [-0.39, 0.29) is 0 Å². The molecule has 30 heavy (non-hydrogen) atoms. The van der Waals surface area contributed by atoms with Gasteiger partial charge in [0, 0.05) is 42.0 Å². The molecule has 0 radical (unpaired) electrons. The molecule has 1 nitrogen and oxygen atoms in total. The predicted molar refractivity (Wildman–Crippen MR) is 132 cm³/mol.